The molecule has 0 saturated carbocycles. The second-order valence-electron chi connectivity index (χ2n) is 9.35. The molecule has 0 unspecified atom stereocenters. The van der Waals surface area contributed by atoms with E-state index in [9.17, 15) is 0 Å². The fourth-order valence-corrected chi connectivity index (χ4v) is 6.61. The zero-order chi connectivity index (χ0) is 24.8. The number of fused-ring (bicyclic) bond motifs is 4. The van der Waals surface area contributed by atoms with Crippen molar-refractivity contribution in [2.75, 3.05) is 0 Å². The lowest BCUT2D eigenvalue weighted by atomic mass is 9.97. The molecule has 1 nitrogen and oxygen atoms in total. The summed E-state index contributed by atoms with van der Waals surface area (Å²) in [7, 11) is 0. The largest absolute Gasteiger partial charge is 0.256 e. The molecular formula is C34H22INS. The Hall–Kier alpha value is -3.54. The summed E-state index contributed by atoms with van der Waals surface area (Å²) in [6.07, 6.45) is 2.00. The Balaban J connectivity index is 1.19. The lowest BCUT2D eigenvalue weighted by Gasteiger charge is -2.08. The van der Waals surface area contributed by atoms with E-state index in [1.165, 1.54) is 53.2 Å². The molecule has 5 aromatic carbocycles. The van der Waals surface area contributed by atoms with Gasteiger partial charge in [-0.05, 0) is 69.4 Å². The van der Waals surface area contributed by atoms with Crippen LogP contribution >= 0.6 is 33.9 Å². The predicted molar refractivity (Wildman–Crippen MR) is 169 cm³/mol. The summed E-state index contributed by atoms with van der Waals surface area (Å²) in [5.74, 6) is 0. The van der Waals surface area contributed by atoms with E-state index in [4.69, 9.17) is 4.98 Å². The lowest BCUT2D eigenvalue weighted by molar-refractivity contribution is 1.33. The molecule has 2 aromatic heterocycles. The van der Waals surface area contributed by atoms with Crippen LogP contribution in [0.15, 0.2) is 121 Å². The first-order valence-electron chi connectivity index (χ1n) is 12.3. The maximum absolute atomic E-state index is 4.85. The van der Waals surface area contributed by atoms with Crippen molar-refractivity contribution in [3.8, 4) is 33.5 Å². The number of alkyl halides is 1. The highest BCUT2D eigenvalue weighted by Crippen LogP contribution is 2.36. The molecule has 0 aliphatic rings. The number of aromatic nitrogens is 1. The zero-order valence-electron chi connectivity index (χ0n) is 20.0. The Labute approximate surface area is 233 Å². The van der Waals surface area contributed by atoms with Gasteiger partial charge in [-0.3, -0.25) is 4.98 Å². The molecule has 0 N–H and O–H groups in total. The van der Waals surface area contributed by atoms with Crippen LogP contribution in [0.2, 0.25) is 0 Å². The number of thiophene rings is 1. The van der Waals surface area contributed by atoms with Crippen LogP contribution in [0.3, 0.4) is 0 Å². The van der Waals surface area contributed by atoms with E-state index in [-0.39, 0.29) is 0 Å². The van der Waals surface area contributed by atoms with Gasteiger partial charge in [0.1, 0.15) is 0 Å². The van der Waals surface area contributed by atoms with Crippen molar-refractivity contribution in [3.05, 3.63) is 127 Å². The summed E-state index contributed by atoms with van der Waals surface area (Å²) < 4.78 is 3.68. The molecule has 0 fully saturated rings. The van der Waals surface area contributed by atoms with E-state index in [1.807, 2.05) is 17.5 Å². The number of pyridine rings is 1. The second kappa shape index (κ2) is 9.40. The van der Waals surface area contributed by atoms with Crippen LogP contribution in [0.25, 0.3) is 64.5 Å². The van der Waals surface area contributed by atoms with Gasteiger partial charge < -0.3 is 0 Å². The SMILES string of the molecule is ICc1ccc(-c2ccc3cc(-c4ccc(-c5ccc6sc7ccccc7c6c5)nc4)ccc3c2)cc1. The van der Waals surface area contributed by atoms with Crippen LogP contribution in [-0.4, -0.2) is 4.98 Å². The molecule has 37 heavy (non-hydrogen) atoms. The summed E-state index contributed by atoms with van der Waals surface area (Å²) in [6, 6.07) is 41.9. The summed E-state index contributed by atoms with van der Waals surface area (Å²) in [6.45, 7) is 0. The van der Waals surface area contributed by atoms with Crippen molar-refractivity contribution in [3.63, 3.8) is 0 Å². The Kier molecular flexibility index (Phi) is 5.75. The Morgan fingerprint density at radius 3 is 1.92 bits per heavy atom. The third-order valence-electron chi connectivity index (χ3n) is 7.05. The second-order valence-corrected chi connectivity index (χ2v) is 11.2. The molecular weight excluding hydrogens is 581 g/mol. The standard InChI is InChI=1S/C34H22INS/c35-20-22-5-7-23(8-6-22)24-9-10-26-18-27(12-11-25(26)17-24)29-13-15-32(36-21-29)28-14-16-34-31(19-28)30-3-1-2-4-33(30)37-34/h1-19,21H,20H2. The van der Waals surface area contributed by atoms with E-state index < -0.39 is 0 Å². The fraction of sp³-hybridized carbons (Fsp3) is 0.0294. The minimum atomic E-state index is 1.000. The van der Waals surface area contributed by atoms with Crippen molar-refractivity contribution >= 4 is 64.9 Å². The topological polar surface area (TPSA) is 12.9 Å². The Morgan fingerprint density at radius 1 is 0.541 bits per heavy atom. The highest BCUT2D eigenvalue weighted by atomic mass is 127. The van der Waals surface area contributed by atoms with Gasteiger partial charge in [-0.2, -0.15) is 0 Å². The molecule has 0 spiro atoms. The number of benzene rings is 5. The first-order chi connectivity index (χ1) is 18.2. The monoisotopic (exact) mass is 603 g/mol. The third kappa shape index (κ3) is 4.22. The first-order valence-corrected chi connectivity index (χ1v) is 14.7. The van der Waals surface area contributed by atoms with Crippen LogP contribution in [-0.2, 0) is 4.43 Å². The van der Waals surface area contributed by atoms with Gasteiger partial charge >= 0.3 is 0 Å². The predicted octanol–water partition coefficient (Wildman–Crippen LogP) is 10.5. The van der Waals surface area contributed by atoms with Crippen molar-refractivity contribution in [2.45, 2.75) is 4.43 Å². The van der Waals surface area contributed by atoms with Gasteiger partial charge in [0.15, 0.2) is 0 Å². The zero-order valence-corrected chi connectivity index (χ0v) is 23.0. The highest BCUT2D eigenvalue weighted by Gasteiger charge is 2.08. The van der Waals surface area contributed by atoms with Crippen molar-refractivity contribution in [2.24, 2.45) is 0 Å². The molecule has 0 amide bonds. The van der Waals surface area contributed by atoms with E-state index in [1.54, 1.807) is 0 Å². The van der Waals surface area contributed by atoms with Crippen LogP contribution in [0.1, 0.15) is 5.56 Å². The Bertz CT molecular complexity index is 1900. The molecule has 0 saturated heterocycles. The molecule has 0 atom stereocenters. The maximum Gasteiger partial charge on any atom is 0.0702 e. The van der Waals surface area contributed by atoms with Crippen molar-refractivity contribution < 1.29 is 0 Å². The van der Waals surface area contributed by atoms with Gasteiger partial charge in [0.25, 0.3) is 0 Å². The van der Waals surface area contributed by atoms with Crippen LogP contribution in [0, 0.1) is 0 Å². The smallest absolute Gasteiger partial charge is 0.0702 e. The summed E-state index contributed by atoms with van der Waals surface area (Å²) in [5, 5.41) is 5.11. The summed E-state index contributed by atoms with van der Waals surface area (Å²) in [4.78, 5) is 4.85. The quantitative estimate of drug-likeness (QED) is 0.144. The molecule has 0 bridgehead atoms. The molecule has 2 heterocycles. The van der Waals surface area contributed by atoms with Gasteiger partial charge in [0.05, 0.1) is 5.69 Å². The number of hydrogen-bond donors (Lipinski definition) is 0. The number of rotatable bonds is 4. The minimum absolute atomic E-state index is 1.000. The molecule has 176 valence electrons. The number of halogens is 1. The molecule has 0 aliphatic carbocycles. The summed E-state index contributed by atoms with van der Waals surface area (Å²) in [5.41, 5.74) is 8.33. The fourth-order valence-electron chi connectivity index (χ4n) is 5.01. The molecule has 7 aromatic rings. The van der Waals surface area contributed by atoms with Gasteiger partial charge in [0.2, 0.25) is 0 Å². The molecule has 3 heteroatoms. The van der Waals surface area contributed by atoms with Gasteiger partial charge in [0, 0.05) is 41.9 Å². The van der Waals surface area contributed by atoms with Crippen LogP contribution in [0.5, 0.6) is 0 Å². The van der Waals surface area contributed by atoms with Gasteiger partial charge in [-0.1, -0.05) is 101 Å². The molecule has 7 rings (SSSR count). The average Bonchev–Trinajstić information content (AvgIpc) is 3.35. The average molecular weight is 604 g/mol. The van der Waals surface area contributed by atoms with Crippen LogP contribution in [0.4, 0.5) is 0 Å². The molecule has 0 radical (unpaired) electrons. The number of nitrogens with zero attached hydrogens (tertiary/aromatic N) is 1. The van der Waals surface area contributed by atoms with E-state index >= 15 is 0 Å². The van der Waals surface area contributed by atoms with E-state index in [0.717, 1.165) is 21.2 Å². The van der Waals surface area contributed by atoms with Gasteiger partial charge in [-0.15, -0.1) is 11.3 Å². The van der Waals surface area contributed by atoms with Crippen molar-refractivity contribution in [1.82, 2.24) is 4.98 Å². The van der Waals surface area contributed by atoms with Gasteiger partial charge in [-0.25, -0.2) is 0 Å². The first kappa shape index (κ1) is 22.6. The Morgan fingerprint density at radius 2 is 1.19 bits per heavy atom. The lowest BCUT2D eigenvalue weighted by Crippen LogP contribution is -1.86. The summed E-state index contributed by atoms with van der Waals surface area (Å²) >= 11 is 4.25. The third-order valence-corrected chi connectivity index (χ3v) is 9.08. The number of hydrogen-bond acceptors (Lipinski definition) is 2. The van der Waals surface area contributed by atoms with E-state index in [0.29, 0.717) is 0 Å². The minimum Gasteiger partial charge on any atom is -0.256 e. The normalized spacial score (nSPS) is 11.5. The van der Waals surface area contributed by atoms with Crippen molar-refractivity contribution in [1.29, 1.82) is 0 Å². The maximum atomic E-state index is 4.85. The molecule has 0 aliphatic heterocycles. The van der Waals surface area contributed by atoms with Crippen LogP contribution < -0.4 is 0 Å². The highest BCUT2D eigenvalue weighted by molar-refractivity contribution is 14.1. The van der Waals surface area contributed by atoms with E-state index in [2.05, 4.69) is 138 Å².